The molecule has 4 rings (SSSR count). The number of para-hydroxylation sites is 1. The minimum atomic E-state index is -0.0907. The van der Waals surface area contributed by atoms with E-state index in [4.69, 9.17) is 0 Å². The van der Waals surface area contributed by atoms with Crippen LogP contribution in [0, 0.1) is 0 Å². The molecule has 26 heavy (non-hydrogen) atoms. The fourth-order valence-corrected chi connectivity index (χ4v) is 4.04. The molecule has 1 N–H and O–H groups in total. The summed E-state index contributed by atoms with van der Waals surface area (Å²) >= 11 is 2.98. The largest absolute Gasteiger partial charge is 0.325 e. The third-order valence-electron chi connectivity index (χ3n) is 3.83. The molecule has 0 aliphatic carbocycles. The molecule has 3 heterocycles. The Labute approximate surface area is 158 Å². The van der Waals surface area contributed by atoms with Crippen molar-refractivity contribution >= 4 is 45.6 Å². The van der Waals surface area contributed by atoms with Crippen LogP contribution in [0.1, 0.15) is 0 Å². The molecule has 0 saturated heterocycles. The van der Waals surface area contributed by atoms with E-state index in [2.05, 4.69) is 20.5 Å². The Hall–Kier alpha value is -2.71. The maximum absolute atomic E-state index is 12.4. The fraction of sp³-hybridized carbons (Fsp3) is 0.111. The summed E-state index contributed by atoms with van der Waals surface area (Å²) in [5.74, 6) is 0.975. The fourth-order valence-electron chi connectivity index (χ4n) is 2.58. The molecule has 0 unspecified atom stereocenters. The van der Waals surface area contributed by atoms with Gasteiger partial charge < -0.3 is 9.88 Å². The van der Waals surface area contributed by atoms with Gasteiger partial charge in [-0.3, -0.25) is 9.78 Å². The van der Waals surface area contributed by atoms with Crippen LogP contribution in [-0.2, 0) is 11.8 Å². The molecule has 0 bridgehead atoms. The topological polar surface area (TPSA) is 72.7 Å². The number of fused-ring (bicyclic) bond motifs is 1. The second-order valence-electron chi connectivity index (χ2n) is 5.56. The predicted molar refractivity (Wildman–Crippen MR) is 105 cm³/mol. The van der Waals surface area contributed by atoms with Gasteiger partial charge in [0.2, 0.25) is 5.91 Å². The summed E-state index contributed by atoms with van der Waals surface area (Å²) in [5.41, 5.74) is 1.62. The lowest BCUT2D eigenvalue weighted by Crippen LogP contribution is -2.14. The van der Waals surface area contributed by atoms with Gasteiger partial charge in [0.1, 0.15) is 0 Å². The number of thioether (sulfide) groups is 1. The maximum Gasteiger partial charge on any atom is 0.234 e. The lowest BCUT2D eigenvalue weighted by molar-refractivity contribution is -0.113. The van der Waals surface area contributed by atoms with Gasteiger partial charge in [0.15, 0.2) is 11.0 Å². The van der Waals surface area contributed by atoms with Crippen LogP contribution in [0.3, 0.4) is 0 Å². The molecule has 0 fully saturated rings. The van der Waals surface area contributed by atoms with Gasteiger partial charge in [-0.15, -0.1) is 21.5 Å². The lowest BCUT2D eigenvalue weighted by Gasteiger charge is -2.08. The Morgan fingerprint density at radius 2 is 2.08 bits per heavy atom. The van der Waals surface area contributed by atoms with Crippen molar-refractivity contribution in [1.29, 1.82) is 0 Å². The number of anilines is 1. The Balaban J connectivity index is 1.45. The number of hydrogen-bond donors (Lipinski definition) is 1. The van der Waals surface area contributed by atoms with E-state index in [0.29, 0.717) is 5.16 Å². The van der Waals surface area contributed by atoms with E-state index in [-0.39, 0.29) is 11.7 Å². The number of nitrogens with one attached hydrogen (secondary N) is 1. The molecule has 0 aliphatic heterocycles. The van der Waals surface area contributed by atoms with Gasteiger partial charge in [0, 0.05) is 18.6 Å². The standard InChI is InChI=1S/C18H15N5OS2/c1-23-17(15-7-4-10-25-15)21-22-18(23)26-11-16(24)20-14-8-9-19-13-6-3-2-5-12(13)14/h2-10H,11H2,1H3,(H,19,20,24). The normalized spacial score (nSPS) is 11.0. The summed E-state index contributed by atoms with van der Waals surface area (Å²) in [6.45, 7) is 0. The predicted octanol–water partition coefficient (Wildman–Crippen LogP) is 3.82. The Kier molecular flexibility index (Phi) is 4.68. The van der Waals surface area contributed by atoms with E-state index in [0.717, 1.165) is 27.3 Å². The first-order chi connectivity index (χ1) is 12.7. The molecule has 0 aliphatic rings. The van der Waals surface area contributed by atoms with E-state index in [9.17, 15) is 4.79 Å². The van der Waals surface area contributed by atoms with Gasteiger partial charge in [-0.25, -0.2) is 0 Å². The number of carbonyl (C=O) groups is 1. The van der Waals surface area contributed by atoms with Crippen LogP contribution in [0.15, 0.2) is 59.2 Å². The highest BCUT2D eigenvalue weighted by Gasteiger charge is 2.14. The van der Waals surface area contributed by atoms with Gasteiger partial charge in [0.05, 0.1) is 21.8 Å². The lowest BCUT2D eigenvalue weighted by atomic mass is 10.2. The van der Waals surface area contributed by atoms with E-state index in [1.54, 1.807) is 17.5 Å². The van der Waals surface area contributed by atoms with E-state index in [1.165, 1.54) is 11.8 Å². The van der Waals surface area contributed by atoms with Crippen LogP contribution in [0.4, 0.5) is 5.69 Å². The Morgan fingerprint density at radius 1 is 1.19 bits per heavy atom. The molecule has 1 amide bonds. The van der Waals surface area contributed by atoms with Gasteiger partial charge in [-0.05, 0) is 23.6 Å². The van der Waals surface area contributed by atoms with Crippen molar-refractivity contribution in [2.45, 2.75) is 5.16 Å². The summed E-state index contributed by atoms with van der Waals surface area (Å²) in [7, 11) is 1.91. The number of benzene rings is 1. The molecule has 0 saturated carbocycles. The molecule has 0 spiro atoms. The SMILES string of the molecule is Cn1c(SCC(=O)Nc2ccnc3ccccc23)nnc1-c1cccs1. The van der Waals surface area contributed by atoms with E-state index in [1.807, 2.05) is 59.5 Å². The van der Waals surface area contributed by atoms with Crippen molar-refractivity contribution < 1.29 is 4.79 Å². The number of nitrogens with zero attached hydrogens (tertiary/aromatic N) is 4. The third kappa shape index (κ3) is 3.33. The monoisotopic (exact) mass is 381 g/mol. The second-order valence-corrected chi connectivity index (χ2v) is 7.45. The van der Waals surface area contributed by atoms with Gasteiger partial charge in [-0.2, -0.15) is 0 Å². The Bertz CT molecular complexity index is 1050. The molecule has 8 heteroatoms. The molecule has 6 nitrogen and oxygen atoms in total. The molecule has 3 aromatic heterocycles. The average Bonchev–Trinajstić information content (AvgIpc) is 3.30. The number of aromatic nitrogens is 4. The summed E-state index contributed by atoms with van der Waals surface area (Å²) in [6, 6.07) is 13.5. The highest BCUT2D eigenvalue weighted by Crippen LogP contribution is 2.26. The first-order valence-corrected chi connectivity index (χ1v) is 9.78. The first kappa shape index (κ1) is 16.7. The summed E-state index contributed by atoms with van der Waals surface area (Å²) < 4.78 is 1.91. The van der Waals surface area contributed by atoms with Crippen LogP contribution in [-0.4, -0.2) is 31.4 Å². The Morgan fingerprint density at radius 3 is 2.92 bits per heavy atom. The van der Waals surface area contributed by atoms with Gasteiger partial charge in [-0.1, -0.05) is 36.0 Å². The molecule has 130 valence electrons. The van der Waals surface area contributed by atoms with Crippen molar-refractivity contribution in [3.05, 3.63) is 54.0 Å². The van der Waals surface area contributed by atoms with Crippen LogP contribution in [0.2, 0.25) is 0 Å². The number of carbonyl (C=O) groups excluding carboxylic acids is 1. The second kappa shape index (κ2) is 7.27. The van der Waals surface area contributed by atoms with Crippen LogP contribution in [0.5, 0.6) is 0 Å². The van der Waals surface area contributed by atoms with Crippen LogP contribution in [0.25, 0.3) is 21.6 Å². The third-order valence-corrected chi connectivity index (χ3v) is 5.72. The van der Waals surface area contributed by atoms with Gasteiger partial charge >= 0.3 is 0 Å². The van der Waals surface area contributed by atoms with Gasteiger partial charge in [0.25, 0.3) is 0 Å². The average molecular weight is 381 g/mol. The van der Waals surface area contributed by atoms with Crippen molar-refractivity contribution in [2.24, 2.45) is 7.05 Å². The number of pyridine rings is 1. The number of rotatable bonds is 5. The van der Waals surface area contributed by atoms with Crippen LogP contribution < -0.4 is 5.32 Å². The smallest absolute Gasteiger partial charge is 0.234 e. The molecule has 0 atom stereocenters. The minimum absolute atomic E-state index is 0.0907. The number of amides is 1. The van der Waals surface area contributed by atoms with Crippen molar-refractivity contribution in [3.8, 4) is 10.7 Å². The zero-order chi connectivity index (χ0) is 17.9. The highest BCUT2D eigenvalue weighted by atomic mass is 32.2. The molecular formula is C18H15N5OS2. The van der Waals surface area contributed by atoms with Crippen molar-refractivity contribution in [3.63, 3.8) is 0 Å². The first-order valence-electron chi connectivity index (χ1n) is 7.92. The summed E-state index contributed by atoms with van der Waals surface area (Å²) in [4.78, 5) is 17.7. The zero-order valence-corrected chi connectivity index (χ0v) is 15.5. The number of thiophene rings is 1. The molecule has 4 aromatic rings. The molecular weight excluding hydrogens is 366 g/mol. The molecule has 0 radical (unpaired) electrons. The number of hydrogen-bond acceptors (Lipinski definition) is 6. The van der Waals surface area contributed by atoms with E-state index >= 15 is 0 Å². The van der Waals surface area contributed by atoms with Crippen LogP contribution >= 0.6 is 23.1 Å². The maximum atomic E-state index is 12.4. The zero-order valence-electron chi connectivity index (χ0n) is 13.9. The summed E-state index contributed by atoms with van der Waals surface area (Å²) in [6.07, 6.45) is 1.70. The minimum Gasteiger partial charge on any atom is -0.325 e. The molecule has 1 aromatic carbocycles. The van der Waals surface area contributed by atoms with E-state index < -0.39 is 0 Å². The summed E-state index contributed by atoms with van der Waals surface area (Å²) in [5, 5.41) is 15.0. The quantitative estimate of drug-likeness (QED) is 0.532. The van der Waals surface area contributed by atoms with Crippen molar-refractivity contribution in [2.75, 3.05) is 11.1 Å². The van der Waals surface area contributed by atoms with Crippen molar-refractivity contribution in [1.82, 2.24) is 19.7 Å². The highest BCUT2D eigenvalue weighted by molar-refractivity contribution is 7.99.